The molecule has 0 saturated carbocycles. The highest BCUT2D eigenvalue weighted by Gasteiger charge is 2.34. The average molecular weight is 344 g/mol. The number of fused-ring (bicyclic) bond motifs is 5. The number of carbonyl (C=O) groups excluding carboxylic acids is 1. The van der Waals surface area contributed by atoms with Crippen molar-refractivity contribution in [2.45, 2.75) is 19.3 Å². The zero-order chi connectivity index (χ0) is 17.7. The second-order valence-corrected chi connectivity index (χ2v) is 6.88. The molecule has 130 valence electrons. The molecule has 3 heterocycles. The molecular formula is C22H20N2O2. The number of ether oxygens (including phenoxy) is 1. The average Bonchev–Trinajstić information content (AvgIpc) is 3.07. The van der Waals surface area contributed by atoms with E-state index in [1.54, 1.807) is 7.11 Å². The molecular weight excluding hydrogens is 324 g/mol. The second-order valence-electron chi connectivity index (χ2n) is 6.88. The van der Waals surface area contributed by atoms with Gasteiger partial charge in [0, 0.05) is 23.9 Å². The summed E-state index contributed by atoms with van der Waals surface area (Å²) in [5.74, 6) is 1.08. The minimum Gasteiger partial charge on any atom is -0.497 e. The Kier molecular flexibility index (Phi) is 3.38. The van der Waals surface area contributed by atoms with Crippen molar-refractivity contribution in [2.75, 3.05) is 13.7 Å². The highest BCUT2D eigenvalue weighted by Crippen LogP contribution is 2.43. The fraction of sp³-hybridized carbons (Fsp3) is 0.227. The number of amides is 1. The Morgan fingerprint density at radius 3 is 2.69 bits per heavy atom. The molecule has 0 radical (unpaired) electrons. The number of rotatable bonds is 2. The van der Waals surface area contributed by atoms with Gasteiger partial charge in [0.1, 0.15) is 5.75 Å². The minimum absolute atomic E-state index is 0.224. The smallest absolute Gasteiger partial charge is 0.227 e. The van der Waals surface area contributed by atoms with Crippen molar-refractivity contribution in [1.82, 2.24) is 9.88 Å². The van der Waals surface area contributed by atoms with Gasteiger partial charge in [-0.15, -0.1) is 0 Å². The first-order chi connectivity index (χ1) is 12.8. The van der Waals surface area contributed by atoms with E-state index in [9.17, 15) is 4.79 Å². The molecule has 0 spiro atoms. The van der Waals surface area contributed by atoms with Gasteiger partial charge in [-0.25, -0.2) is 0 Å². The van der Waals surface area contributed by atoms with E-state index in [1.165, 1.54) is 22.1 Å². The lowest BCUT2D eigenvalue weighted by Gasteiger charge is -2.35. The van der Waals surface area contributed by atoms with Crippen LogP contribution >= 0.6 is 0 Å². The van der Waals surface area contributed by atoms with E-state index < -0.39 is 0 Å². The summed E-state index contributed by atoms with van der Waals surface area (Å²) in [6, 6.07) is 16.5. The lowest BCUT2D eigenvalue weighted by molar-refractivity contribution is -0.128. The predicted molar refractivity (Wildman–Crippen MR) is 103 cm³/mol. The van der Waals surface area contributed by atoms with Crippen LogP contribution in [0.5, 0.6) is 5.75 Å². The molecule has 2 aliphatic rings. The number of benzene rings is 2. The Labute approximate surface area is 152 Å². The van der Waals surface area contributed by atoms with Crippen LogP contribution in [0.3, 0.4) is 0 Å². The molecule has 0 saturated heterocycles. The topological polar surface area (TPSA) is 45.3 Å². The fourth-order valence-corrected chi connectivity index (χ4v) is 4.25. The van der Waals surface area contributed by atoms with Gasteiger partial charge in [-0.2, -0.15) is 0 Å². The van der Waals surface area contributed by atoms with Gasteiger partial charge in [0.2, 0.25) is 5.91 Å². The SMILES string of the molecule is COc1ccc2[nH]c3c(c2c1)CCN1C(=O)CCC(c2ccccc2)=C31. The predicted octanol–water partition coefficient (Wildman–Crippen LogP) is 4.22. The van der Waals surface area contributed by atoms with Crippen molar-refractivity contribution in [3.8, 4) is 5.75 Å². The summed E-state index contributed by atoms with van der Waals surface area (Å²) in [7, 11) is 1.69. The van der Waals surface area contributed by atoms with Gasteiger partial charge in [-0.05, 0) is 47.7 Å². The van der Waals surface area contributed by atoms with E-state index in [1.807, 2.05) is 17.0 Å². The molecule has 0 bridgehead atoms. The number of nitrogens with one attached hydrogen (secondary N) is 1. The number of H-pyrrole nitrogens is 1. The summed E-state index contributed by atoms with van der Waals surface area (Å²) in [5.41, 5.74) is 6.98. The Hall–Kier alpha value is -3.01. The van der Waals surface area contributed by atoms with Crippen molar-refractivity contribution in [1.29, 1.82) is 0 Å². The number of aromatic nitrogens is 1. The van der Waals surface area contributed by atoms with Crippen LogP contribution in [-0.4, -0.2) is 29.4 Å². The summed E-state index contributed by atoms with van der Waals surface area (Å²) in [6.45, 7) is 0.738. The van der Waals surface area contributed by atoms with Crippen LogP contribution in [0.2, 0.25) is 0 Å². The lowest BCUT2D eigenvalue weighted by Crippen LogP contribution is -2.37. The Balaban J connectivity index is 1.79. The van der Waals surface area contributed by atoms with Crippen molar-refractivity contribution in [3.63, 3.8) is 0 Å². The summed E-state index contributed by atoms with van der Waals surface area (Å²) in [5, 5.41) is 1.19. The number of aromatic amines is 1. The Morgan fingerprint density at radius 2 is 1.88 bits per heavy atom. The van der Waals surface area contributed by atoms with Gasteiger partial charge < -0.3 is 14.6 Å². The molecule has 3 aromatic rings. The third-order valence-electron chi connectivity index (χ3n) is 5.50. The number of carbonyl (C=O) groups is 1. The van der Waals surface area contributed by atoms with E-state index in [0.717, 1.165) is 42.0 Å². The molecule has 0 atom stereocenters. The lowest BCUT2D eigenvalue weighted by atomic mass is 9.89. The number of hydrogen-bond donors (Lipinski definition) is 1. The first kappa shape index (κ1) is 15.3. The maximum absolute atomic E-state index is 12.6. The standard InChI is InChI=1S/C22H20N2O2/c1-26-15-7-9-19-18(13-15)17-11-12-24-20(25)10-8-16(22(24)21(17)23-19)14-5-3-2-4-6-14/h2-7,9,13,23H,8,10-12H2,1H3. The molecule has 26 heavy (non-hydrogen) atoms. The Bertz CT molecular complexity index is 1050. The van der Waals surface area contributed by atoms with Crippen LogP contribution in [-0.2, 0) is 11.2 Å². The molecule has 5 rings (SSSR count). The van der Waals surface area contributed by atoms with Crippen molar-refractivity contribution < 1.29 is 9.53 Å². The second kappa shape index (κ2) is 5.77. The molecule has 0 fully saturated rings. The number of nitrogens with zero attached hydrogens (tertiary/aromatic N) is 1. The molecule has 4 heteroatoms. The highest BCUT2D eigenvalue weighted by molar-refractivity contribution is 6.04. The van der Waals surface area contributed by atoms with Gasteiger partial charge in [0.15, 0.2) is 0 Å². The van der Waals surface area contributed by atoms with E-state index in [-0.39, 0.29) is 5.91 Å². The van der Waals surface area contributed by atoms with Crippen LogP contribution in [0.25, 0.3) is 22.2 Å². The zero-order valence-electron chi connectivity index (χ0n) is 14.7. The number of allylic oxidation sites excluding steroid dienone is 1. The summed E-state index contributed by atoms with van der Waals surface area (Å²) in [6.07, 6.45) is 2.23. The number of methoxy groups -OCH3 is 1. The molecule has 0 aliphatic carbocycles. The molecule has 2 aromatic carbocycles. The van der Waals surface area contributed by atoms with E-state index >= 15 is 0 Å². The van der Waals surface area contributed by atoms with Crippen LogP contribution in [0.15, 0.2) is 48.5 Å². The van der Waals surface area contributed by atoms with E-state index in [0.29, 0.717) is 6.42 Å². The van der Waals surface area contributed by atoms with Crippen LogP contribution < -0.4 is 4.74 Å². The number of hydrogen-bond acceptors (Lipinski definition) is 2. The first-order valence-electron chi connectivity index (χ1n) is 9.04. The van der Waals surface area contributed by atoms with E-state index in [2.05, 4.69) is 41.4 Å². The Morgan fingerprint density at radius 1 is 1.04 bits per heavy atom. The van der Waals surface area contributed by atoms with Crippen molar-refractivity contribution in [2.24, 2.45) is 0 Å². The summed E-state index contributed by atoms with van der Waals surface area (Å²) in [4.78, 5) is 18.1. The van der Waals surface area contributed by atoms with Gasteiger partial charge in [-0.1, -0.05) is 30.3 Å². The third-order valence-corrected chi connectivity index (χ3v) is 5.50. The molecule has 1 aromatic heterocycles. The third kappa shape index (κ3) is 2.18. The summed E-state index contributed by atoms with van der Waals surface area (Å²) >= 11 is 0. The first-order valence-corrected chi connectivity index (χ1v) is 9.04. The summed E-state index contributed by atoms with van der Waals surface area (Å²) < 4.78 is 5.41. The quantitative estimate of drug-likeness (QED) is 0.756. The normalized spacial score (nSPS) is 16.7. The van der Waals surface area contributed by atoms with Crippen LogP contribution in [0.1, 0.15) is 29.7 Å². The minimum atomic E-state index is 0.224. The largest absolute Gasteiger partial charge is 0.497 e. The van der Waals surface area contributed by atoms with Gasteiger partial charge in [0.05, 0.1) is 18.5 Å². The highest BCUT2D eigenvalue weighted by atomic mass is 16.5. The molecule has 1 N–H and O–H groups in total. The fourth-order valence-electron chi connectivity index (χ4n) is 4.25. The maximum Gasteiger partial charge on any atom is 0.227 e. The molecule has 1 amide bonds. The maximum atomic E-state index is 12.6. The molecule has 4 nitrogen and oxygen atoms in total. The van der Waals surface area contributed by atoms with E-state index in [4.69, 9.17) is 4.74 Å². The zero-order valence-corrected chi connectivity index (χ0v) is 14.7. The van der Waals surface area contributed by atoms with Crippen LogP contribution in [0.4, 0.5) is 0 Å². The van der Waals surface area contributed by atoms with Gasteiger partial charge in [0.25, 0.3) is 0 Å². The monoisotopic (exact) mass is 344 g/mol. The van der Waals surface area contributed by atoms with Gasteiger partial charge in [-0.3, -0.25) is 4.79 Å². The van der Waals surface area contributed by atoms with Crippen molar-refractivity contribution >= 4 is 28.1 Å². The molecule has 0 unspecified atom stereocenters. The van der Waals surface area contributed by atoms with Gasteiger partial charge >= 0.3 is 0 Å². The molecule has 2 aliphatic heterocycles. The van der Waals surface area contributed by atoms with Crippen LogP contribution in [0, 0.1) is 0 Å². The van der Waals surface area contributed by atoms with Crippen molar-refractivity contribution in [3.05, 3.63) is 65.4 Å².